The van der Waals surface area contributed by atoms with Gasteiger partial charge in [0.05, 0.1) is 16.8 Å². The normalized spacial score (nSPS) is 15.2. The van der Waals surface area contributed by atoms with Gasteiger partial charge < -0.3 is 10.4 Å². The molecule has 4 rings (SSSR count). The summed E-state index contributed by atoms with van der Waals surface area (Å²) in [5.41, 5.74) is 5.22. The lowest BCUT2D eigenvalue weighted by atomic mass is 9.92. The Balaban J connectivity index is 1.86. The molecule has 0 unspecified atom stereocenters. The summed E-state index contributed by atoms with van der Waals surface area (Å²) in [5.74, 6) is -1.04. The number of fused-ring (bicyclic) bond motifs is 2. The van der Waals surface area contributed by atoms with Gasteiger partial charge in [0.1, 0.15) is 0 Å². The van der Waals surface area contributed by atoms with Crippen LogP contribution in [0.5, 0.6) is 0 Å². The number of carboxylic acids is 1. The Labute approximate surface area is 174 Å². The second-order valence-corrected chi connectivity index (χ2v) is 7.41. The number of hydrogen-bond acceptors (Lipinski definition) is 4. The maximum Gasteiger partial charge on any atom is 0.336 e. The van der Waals surface area contributed by atoms with Crippen LogP contribution in [0.3, 0.4) is 0 Å². The van der Waals surface area contributed by atoms with Gasteiger partial charge in [-0.15, -0.1) is 0 Å². The molecule has 152 valence electrons. The smallest absolute Gasteiger partial charge is 0.336 e. The molecule has 30 heavy (non-hydrogen) atoms. The Morgan fingerprint density at radius 1 is 1.13 bits per heavy atom. The standard InChI is InChI=1S/C24H23N3O3/c1-3-27-13-17(12-16-8-10-18(11-9-16)25-15(2)28)23-20(14-27)22(24(29)30)19-6-4-5-7-21(19)26-23/h4-12H,3,13-14H2,1-2H3,(H,25,28)(H,29,30). The lowest BCUT2D eigenvalue weighted by molar-refractivity contribution is -0.114. The first kappa shape index (κ1) is 19.8. The predicted molar refractivity (Wildman–Crippen MR) is 118 cm³/mol. The Morgan fingerprint density at radius 3 is 2.53 bits per heavy atom. The minimum atomic E-state index is -0.929. The molecule has 2 aromatic carbocycles. The zero-order chi connectivity index (χ0) is 21.3. The quantitative estimate of drug-likeness (QED) is 0.682. The Morgan fingerprint density at radius 2 is 1.87 bits per heavy atom. The van der Waals surface area contributed by atoms with Gasteiger partial charge in [-0.3, -0.25) is 9.69 Å². The third-order valence-corrected chi connectivity index (χ3v) is 5.31. The third kappa shape index (κ3) is 3.82. The van der Waals surface area contributed by atoms with Crippen LogP contribution in [0.15, 0.2) is 48.5 Å². The van der Waals surface area contributed by atoms with Crippen molar-refractivity contribution in [3.8, 4) is 0 Å². The van der Waals surface area contributed by atoms with Gasteiger partial charge in [0, 0.05) is 36.7 Å². The van der Waals surface area contributed by atoms with Crippen LogP contribution in [0.2, 0.25) is 0 Å². The van der Waals surface area contributed by atoms with E-state index in [2.05, 4.69) is 17.1 Å². The lowest BCUT2D eigenvalue weighted by Gasteiger charge is -2.30. The van der Waals surface area contributed by atoms with Crippen molar-refractivity contribution in [1.29, 1.82) is 0 Å². The zero-order valence-corrected chi connectivity index (χ0v) is 17.0. The van der Waals surface area contributed by atoms with Crippen molar-refractivity contribution < 1.29 is 14.7 Å². The Kier molecular flexibility index (Phi) is 5.33. The van der Waals surface area contributed by atoms with Crippen molar-refractivity contribution in [1.82, 2.24) is 9.88 Å². The summed E-state index contributed by atoms with van der Waals surface area (Å²) in [4.78, 5) is 30.5. The average Bonchev–Trinajstić information content (AvgIpc) is 2.72. The summed E-state index contributed by atoms with van der Waals surface area (Å²) in [6, 6.07) is 15.0. The number of aromatic nitrogens is 1. The van der Waals surface area contributed by atoms with Crippen LogP contribution in [0.1, 0.15) is 41.0 Å². The number of nitrogens with one attached hydrogen (secondary N) is 1. The number of rotatable bonds is 4. The summed E-state index contributed by atoms with van der Waals surface area (Å²) in [6.45, 7) is 5.61. The number of carbonyl (C=O) groups is 2. The summed E-state index contributed by atoms with van der Waals surface area (Å²) < 4.78 is 0. The lowest BCUT2D eigenvalue weighted by Crippen LogP contribution is -2.31. The summed E-state index contributed by atoms with van der Waals surface area (Å²) in [7, 11) is 0. The van der Waals surface area contributed by atoms with E-state index in [1.54, 1.807) is 0 Å². The maximum absolute atomic E-state index is 12.2. The highest BCUT2D eigenvalue weighted by Crippen LogP contribution is 2.34. The molecule has 0 radical (unpaired) electrons. The molecule has 1 aliphatic heterocycles. The van der Waals surface area contributed by atoms with Crippen LogP contribution < -0.4 is 5.32 Å². The van der Waals surface area contributed by atoms with Crippen molar-refractivity contribution in [2.45, 2.75) is 20.4 Å². The minimum Gasteiger partial charge on any atom is -0.478 e. The third-order valence-electron chi connectivity index (χ3n) is 5.31. The molecular weight excluding hydrogens is 378 g/mol. The second kappa shape index (κ2) is 8.08. The highest BCUT2D eigenvalue weighted by atomic mass is 16.4. The Bertz CT molecular complexity index is 1170. The van der Waals surface area contributed by atoms with Crippen LogP contribution in [-0.4, -0.2) is 40.0 Å². The minimum absolute atomic E-state index is 0.113. The van der Waals surface area contributed by atoms with E-state index in [4.69, 9.17) is 4.98 Å². The van der Waals surface area contributed by atoms with Gasteiger partial charge in [0.15, 0.2) is 0 Å². The van der Waals surface area contributed by atoms with E-state index >= 15 is 0 Å². The van der Waals surface area contributed by atoms with Gasteiger partial charge in [0.2, 0.25) is 5.91 Å². The molecule has 0 saturated carbocycles. The molecule has 0 bridgehead atoms. The van der Waals surface area contributed by atoms with E-state index in [-0.39, 0.29) is 5.91 Å². The summed E-state index contributed by atoms with van der Waals surface area (Å²) in [5, 5.41) is 13.4. The number of pyridine rings is 1. The fourth-order valence-electron chi connectivity index (χ4n) is 3.92. The van der Waals surface area contributed by atoms with Crippen LogP contribution in [0, 0.1) is 0 Å². The van der Waals surface area contributed by atoms with Gasteiger partial charge in [0.25, 0.3) is 0 Å². The first-order chi connectivity index (χ1) is 14.5. The molecule has 2 heterocycles. The number of nitrogens with zero attached hydrogens (tertiary/aromatic N) is 2. The maximum atomic E-state index is 12.2. The molecule has 0 fully saturated rings. The number of aromatic carboxylic acids is 1. The van der Waals surface area contributed by atoms with Gasteiger partial charge in [-0.2, -0.15) is 0 Å². The zero-order valence-electron chi connectivity index (χ0n) is 17.0. The van der Waals surface area contributed by atoms with E-state index in [9.17, 15) is 14.7 Å². The SMILES string of the molecule is CCN1CC(=Cc2ccc(NC(C)=O)cc2)c2nc3ccccc3c(C(=O)O)c2C1. The summed E-state index contributed by atoms with van der Waals surface area (Å²) in [6.07, 6.45) is 2.05. The fraction of sp³-hybridized carbons (Fsp3) is 0.208. The van der Waals surface area contributed by atoms with E-state index in [0.717, 1.165) is 34.6 Å². The molecule has 0 atom stereocenters. The number of hydrogen-bond donors (Lipinski definition) is 2. The van der Waals surface area contributed by atoms with E-state index in [1.165, 1.54) is 6.92 Å². The molecule has 1 aliphatic rings. The molecule has 0 aliphatic carbocycles. The molecule has 1 aromatic heterocycles. The van der Waals surface area contributed by atoms with Crippen molar-refractivity contribution >= 4 is 40.1 Å². The van der Waals surface area contributed by atoms with Crippen LogP contribution in [0.25, 0.3) is 22.6 Å². The molecule has 6 nitrogen and oxygen atoms in total. The second-order valence-electron chi connectivity index (χ2n) is 7.41. The average molecular weight is 401 g/mol. The van der Waals surface area contributed by atoms with Gasteiger partial charge in [-0.25, -0.2) is 9.78 Å². The van der Waals surface area contributed by atoms with Crippen molar-refractivity contribution in [3.05, 3.63) is 70.9 Å². The van der Waals surface area contributed by atoms with Gasteiger partial charge in [-0.1, -0.05) is 37.3 Å². The Hall–Kier alpha value is -3.51. The van der Waals surface area contributed by atoms with Crippen molar-refractivity contribution in [2.24, 2.45) is 0 Å². The van der Waals surface area contributed by atoms with E-state index in [1.807, 2.05) is 54.6 Å². The first-order valence-electron chi connectivity index (χ1n) is 9.92. The number of para-hydroxylation sites is 1. The molecule has 0 spiro atoms. The topological polar surface area (TPSA) is 82.5 Å². The number of carboxylic acid groups (broad SMARTS) is 1. The van der Waals surface area contributed by atoms with Crippen molar-refractivity contribution in [2.75, 3.05) is 18.4 Å². The monoisotopic (exact) mass is 401 g/mol. The first-order valence-corrected chi connectivity index (χ1v) is 9.92. The molecule has 3 aromatic rings. The van der Waals surface area contributed by atoms with Crippen molar-refractivity contribution in [3.63, 3.8) is 0 Å². The summed E-state index contributed by atoms with van der Waals surface area (Å²) >= 11 is 0. The fourth-order valence-corrected chi connectivity index (χ4v) is 3.92. The molecule has 0 saturated heterocycles. The highest BCUT2D eigenvalue weighted by molar-refractivity contribution is 6.06. The number of carbonyl (C=O) groups excluding carboxylic acids is 1. The number of likely N-dealkylation sites (N-methyl/N-ethyl adjacent to an activating group) is 1. The van der Waals surface area contributed by atoms with E-state index in [0.29, 0.717) is 29.6 Å². The number of amides is 1. The predicted octanol–water partition coefficient (Wildman–Crippen LogP) is 4.27. The van der Waals surface area contributed by atoms with E-state index < -0.39 is 5.97 Å². The molecular formula is C24H23N3O3. The van der Waals surface area contributed by atoms with Gasteiger partial charge >= 0.3 is 5.97 Å². The van der Waals surface area contributed by atoms with Gasteiger partial charge in [-0.05, 0) is 42.0 Å². The van der Waals surface area contributed by atoms with Crippen LogP contribution in [0.4, 0.5) is 5.69 Å². The van der Waals surface area contributed by atoms with Crippen LogP contribution >= 0.6 is 0 Å². The van der Waals surface area contributed by atoms with Crippen LogP contribution in [-0.2, 0) is 11.3 Å². The molecule has 1 amide bonds. The largest absolute Gasteiger partial charge is 0.478 e. The molecule has 6 heteroatoms. The highest BCUT2D eigenvalue weighted by Gasteiger charge is 2.27. The number of anilines is 1. The number of benzene rings is 2. The molecule has 2 N–H and O–H groups in total.